The molecule has 132 valence electrons. The second-order valence-electron chi connectivity index (χ2n) is 6.43. The van der Waals surface area contributed by atoms with Crippen molar-refractivity contribution in [3.63, 3.8) is 0 Å². The summed E-state index contributed by atoms with van der Waals surface area (Å²) in [4.78, 5) is 8.94. The van der Waals surface area contributed by atoms with Crippen molar-refractivity contribution in [2.75, 3.05) is 11.6 Å². The predicted octanol–water partition coefficient (Wildman–Crippen LogP) is 2.58. The minimum atomic E-state index is -2.54. The monoisotopic (exact) mass is 367 g/mol. The number of nitrogens with zero attached hydrogens (tertiary/aromatic N) is 3. The smallest absolute Gasteiger partial charge is 0.254 e. The third-order valence-corrected chi connectivity index (χ3v) is 9.71. The van der Waals surface area contributed by atoms with Gasteiger partial charge in [0.25, 0.3) is 8.24 Å². The standard InChI is InChI=1S/C23H21N3Si/c1-26(23-19-24-17-18-25-23)27(20-11-5-2-6-12-20,21-13-7-3-8-14-21)22-15-9-4-10-16-22/h2-19H,1H3. The van der Waals surface area contributed by atoms with E-state index in [1.807, 2.05) is 6.20 Å². The molecule has 4 heteroatoms. The summed E-state index contributed by atoms with van der Waals surface area (Å²) in [5.41, 5.74) is 0. The van der Waals surface area contributed by atoms with Crippen LogP contribution in [-0.2, 0) is 0 Å². The molecule has 0 aliphatic carbocycles. The number of hydrogen-bond donors (Lipinski definition) is 0. The molecular formula is C23H21N3Si. The van der Waals surface area contributed by atoms with E-state index in [4.69, 9.17) is 0 Å². The van der Waals surface area contributed by atoms with Crippen LogP contribution in [0.1, 0.15) is 0 Å². The summed E-state index contributed by atoms with van der Waals surface area (Å²) < 4.78 is 2.35. The highest BCUT2D eigenvalue weighted by molar-refractivity contribution is 7.13. The quantitative estimate of drug-likeness (QED) is 0.401. The van der Waals surface area contributed by atoms with Crippen LogP contribution in [0.4, 0.5) is 5.82 Å². The Morgan fingerprint density at radius 2 is 1.07 bits per heavy atom. The summed E-state index contributed by atoms with van der Waals surface area (Å²) >= 11 is 0. The predicted molar refractivity (Wildman–Crippen MR) is 114 cm³/mol. The highest BCUT2D eigenvalue weighted by Crippen LogP contribution is 2.17. The minimum absolute atomic E-state index is 0.876. The van der Waals surface area contributed by atoms with Crippen LogP contribution in [0.3, 0.4) is 0 Å². The zero-order chi connectivity index (χ0) is 18.5. The van der Waals surface area contributed by atoms with E-state index in [-0.39, 0.29) is 0 Å². The van der Waals surface area contributed by atoms with Crippen LogP contribution in [0.15, 0.2) is 110 Å². The van der Waals surface area contributed by atoms with Gasteiger partial charge in [-0.25, -0.2) is 4.98 Å². The fourth-order valence-corrected chi connectivity index (χ4v) is 8.40. The summed E-state index contributed by atoms with van der Waals surface area (Å²) in [5, 5.41) is 3.95. The van der Waals surface area contributed by atoms with Gasteiger partial charge in [0, 0.05) is 19.4 Å². The van der Waals surface area contributed by atoms with Crippen LogP contribution >= 0.6 is 0 Å². The fraction of sp³-hybridized carbons (Fsp3) is 0.0435. The molecule has 0 bridgehead atoms. The summed E-state index contributed by atoms with van der Waals surface area (Å²) in [6.07, 6.45) is 5.32. The molecule has 0 saturated carbocycles. The van der Waals surface area contributed by atoms with E-state index in [0.717, 1.165) is 5.82 Å². The lowest BCUT2D eigenvalue weighted by Crippen LogP contribution is -2.77. The average Bonchev–Trinajstić information content (AvgIpc) is 2.77. The Kier molecular flexibility index (Phi) is 4.81. The molecule has 4 aromatic rings. The molecule has 0 spiro atoms. The molecule has 3 aromatic carbocycles. The third kappa shape index (κ3) is 3.04. The van der Waals surface area contributed by atoms with Crippen LogP contribution in [-0.4, -0.2) is 25.3 Å². The molecular weight excluding hydrogens is 346 g/mol. The number of rotatable bonds is 5. The van der Waals surface area contributed by atoms with Crippen LogP contribution in [0, 0.1) is 0 Å². The maximum atomic E-state index is 4.62. The van der Waals surface area contributed by atoms with Gasteiger partial charge in [-0.2, -0.15) is 0 Å². The molecule has 0 N–H and O–H groups in total. The maximum Gasteiger partial charge on any atom is 0.254 e. The Hall–Kier alpha value is -3.24. The van der Waals surface area contributed by atoms with Gasteiger partial charge in [0.15, 0.2) is 0 Å². The first kappa shape index (κ1) is 17.2. The molecule has 1 heterocycles. The lowest BCUT2D eigenvalue weighted by atomic mass is 10.3. The number of hydrogen-bond acceptors (Lipinski definition) is 3. The van der Waals surface area contributed by atoms with Crippen molar-refractivity contribution >= 4 is 29.6 Å². The Balaban J connectivity index is 2.07. The minimum Gasteiger partial charge on any atom is -0.373 e. The molecule has 0 atom stereocenters. The van der Waals surface area contributed by atoms with E-state index in [1.165, 1.54) is 15.6 Å². The number of anilines is 1. The van der Waals surface area contributed by atoms with Gasteiger partial charge in [0.1, 0.15) is 5.82 Å². The largest absolute Gasteiger partial charge is 0.373 e. The zero-order valence-electron chi connectivity index (χ0n) is 15.2. The molecule has 3 nitrogen and oxygen atoms in total. The van der Waals surface area contributed by atoms with Crippen molar-refractivity contribution in [3.8, 4) is 0 Å². The van der Waals surface area contributed by atoms with E-state index in [9.17, 15) is 0 Å². The summed E-state index contributed by atoms with van der Waals surface area (Å²) in [6, 6.07) is 32.3. The zero-order valence-corrected chi connectivity index (χ0v) is 16.2. The topological polar surface area (TPSA) is 29.0 Å². The van der Waals surface area contributed by atoms with E-state index in [0.29, 0.717) is 0 Å². The normalized spacial score (nSPS) is 11.1. The van der Waals surface area contributed by atoms with Gasteiger partial charge < -0.3 is 4.57 Å². The molecule has 0 radical (unpaired) electrons. The van der Waals surface area contributed by atoms with E-state index < -0.39 is 8.24 Å². The van der Waals surface area contributed by atoms with E-state index >= 15 is 0 Å². The molecule has 27 heavy (non-hydrogen) atoms. The second-order valence-corrected chi connectivity index (χ2v) is 10.3. The summed E-state index contributed by atoms with van der Waals surface area (Å²) in [7, 11) is -0.395. The number of aromatic nitrogens is 2. The van der Waals surface area contributed by atoms with Gasteiger partial charge in [-0.15, -0.1) is 0 Å². The Morgan fingerprint density at radius 1 is 0.630 bits per heavy atom. The average molecular weight is 368 g/mol. The van der Waals surface area contributed by atoms with Crippen molar-refractivity contribution in [2.45, 2.75) is 0 Å². The molecule has 0 unspecified atom stereocenters. The molecule has 0 aliphatic heterocycles. The molecule has 1 aromatic heterocycles. The lowest BCUT2D eigenvalue weighted by Gasteiger charge is -2.41. The van der Waals surface area contributed by atoms with Gasteiger partial charge in [-0.3, -0.25) is 4.98 Å². The van der Waals surface area contributed by atoms with Crippen LogP contribution in [0.5, 0.6) is 0 Å². The third-order valence-electron chi connectivity index (χ3n) is 4.97. The molecule has 0 saturated heterocycles. The maximum absolute atomic E-state index is 4.62. The van der Waals surface area contributed by atoms with E-state index in [2.05, 4.69) is 113 Å². The van der Waals surface area contributed by atoms with Gasteiger partial charge >= 0.3 is 0 Å². The molecule has 0 aliphatic rings. The Morgan fingerprint density at radius 3 is 1.44 bits per heavy atom. The lowest BCUT2D eigenvalue weighted by molar-refractivity contribution is 1.12. The van der Waals surface area contributed by atoms with Crippen molar-refractivity contribution in [1.82, 2.24) is 9.97 Å². The summed E-state index contributed by atoms with van der Waals surface area (Å²) in [5.74, 6) is 0.876. The van der Waals surface area contributed by atoms with Gasteiger partial charge in [0.05, 0.1) is 6.20 Å². The Labute approximate surface area is 161 Å². The first-order valence-electron chi connectivity index (χ1n) is 9.00. The fourth-order valence-electron chi connectivity index (χ4n) is 3.76. The van der Waals surface area contributed by atoms with E-state index in [1.54, 1.807) is 12.4 Å². The number of benzene rings is 3. The molecule has 0 amide bonds. The Bertz CT molecular complexity index is 880. The van der Waals surface area contributed by atoms with Gasteiger partial charge in [-0.1, -0.05) is 91.0 Å². The van der Waals surface area contributed by atoms with Crippen LogP contribution in [0.2, 0.25) is 0 Å². The van der Waals surface area contributed by atoms with Crippen molar-refractivity contribution in [2.24, 2.45) is 0 Å². The van der Waals surface area contributed by atoms with Crippen LogP contribution < -0.4 is 20.1 Å². The van der Waals surface area contributed by atoms with Crippen molar-refractivity contribution in [1.29, 1.82) is 0 Å². The highest BCUT2D eigenvalue weighted by Gasteiger charge is 2.44. The first-order chi connectivity index (χ1) is 13.3. The van der Waals surface area contributed by atoms with Crippen molar-refractivity contribution in [3.05, 3.63) is 110 Å². The molecule has 4 rings (SSSR count). The van der Waals surface area contributed by atoms with Gasteiger partial charge in [-0.05, 0) is 15.6 Å². The summed E-state index contributed by atoms with van der Waals surface area (Å²) in [6.45, 7) is 0. The van der Waals surface area contributed by atoms with Crippen molar-refractivity contribution < 1.29 is 0 Å². The molecule has 0 fully saturated rings. The highest BCUT2D eigenvalue weighted by atomic mass is 28.3. The van der Waals surface area contributed by atoms with Crippen LogP contribution in [0.25, 0.3) is 0 Å². The van der Waals surface area contributed by atoms with Gasteiger partial charge in [0.2, 0.25) is 0 Å². The SMILES string of the molecule is CN(c1cnccn1)[Si](c1ccccc1)(c1ccccc1)c1ccccc1. The first-order valence-corrected chi connectivity index (χ1v) is 10.9. The second kappa shape index (κ2) is 7.56.